The summed E-state index contributed by atoms with van der Waals surface area (Å²) in [7, 11) is 0. The third-order valence-electron chi connectivity index (χ3n) is 2.22. The van der Waals surface area contributed by atoms with E-state index in [0.717, 1.165) is 24.3 Å². The van der Waals surface area contributed by atoms with Crippen LogP contribution in [0.5, 0.6) is 0 Å². The van der Waals surface area contributed by atoms with Crippen molar-refractivity contribution in [2.24, 2.45) is 0 Å². The van der Waals surface area contributed by atoms with E-state index >= 15 is 0 Å². The van der Waals surface area contributed by atoms with Gasteiger partial charge in [0.25, 0.3) is 0 Å². The van der Waals surface area contributed by atoms with Crippen LogP contribution >= 0.6 is 11.8 Å². The minimum absolute atomic E-state index is 0.129. The van der Waals surface area contributed by atoms with Gasteiger partial charge in [0.05, 0.1) is 16.9 Å². The number of halogens is 3. The van der Waals surface area contributed by atoms with Crippen molar-refractivity contribution >= 4 is 23.1 Å². The van der Waals surface area contributed by atoms with Crippen molar-refractivity contribution in [2.75, 3.05) is 29.6 Å². The summed E-state index contributed by atoms with van der Waals surface area (Å²) in [6.07, 6.45) is -1.39. The van der Waals surface area contributed by atoms with Crippen LogP contribution in [0.15, 0.2) is 18.2 Å². The standard InChI is InChI=1S/C11H15F3N2S/c1-17-6-2-5-16-10-4-3-8(7-9(10)15)11(12,13)14/h3-4,7,16H,2,5-6,15H2,1H3. The molecule has 0 unspecified atom stereocenters. The van der Waals surface area contributed by atoms with Gasteiger partial charge in [-0.2, -0.15) is 24.9 Å². The van der Waals surface area contributed by atoms with Crippen molar-refractivity contribution in [3.05, 3.63) is 23.8 Å². The molecular formula is C11H15F3N2S. The van der Waals surface area contributed by atoms with Crippen LogP contribution in [0.1, 0.15) is 12.0 Å². The summed E-state index contributed by atoms with van der Waals surface area (Å²) in [4.78, 5) is 0. The Kier molecular flexibility index (Phi) is 4.99. The van der Waals surface area contributed by atoms with Crippen LogP contribution in [-0.4, -0.2) is 18.6 Å². The quantitative estimate of drug-likeness (QED) is 0.632. The molecule has 0 aromatic heterocycles. The average Bonchev–Trinajstić information content (AvgIpc) is 2.24. The highest BCUT2D eigenvalue weighted by atomic mass is 32.2. The topological polar surface area (TPSA) is 38.0 Å². The van der Waals surface area contributed by atoms with Gasteiger partial charge in [0.1, 0.15) is 0 Å². The van der Waals surface area contributed by atoms with Gasteiger partial charge in [-0.3, -0.25) is 0 Å². The number of nitrogen functional groups attached to an aromatic ring is 1. The number of anilines is 2. The van der Waals surface area contributed by atoms with Gasteiger partial charge >= 0.3 is 6.18 Å². The molecule has 0 aliphatic carbocycles. The molecule has 1 aromatic carbocycles. The molecule has 0 amide bonds. The maximum Gasteiger partial charge on any atom is 0.416 e. The smallest absolute Gasteiger partial charge is 0.397 e. The van der Waals surface area contributed by atoms with Crippen LogP contribution in [0.3, 0.4) is 0 Å². The summed E-state index contributed by atoms with van der Waals surface area (Å²) in [5, 5.41) is 3.02. The number of nitrogens with one attached hydrogen (secondary N) is 1. The van der Waals surface area contributed by atoms with Gasteiger partial charge < -0.3 is 11.1 Å². The first-order chi connectivity index (χ1) is 7.95. The van der Waals surface area contributed by atoms with Gasteiger partial charge in [0.15, 0.2) is 0 Å². The SMILES string of the molecule is CSCCCNc1ccc(C(F)(F)F)cc1N. The van der Waals surface area contributed by atoms with Gasteiger partial charge in [-0.1, -0.05) is 0 Å². The lowest BCUT2D eigenvalue weighted by molar-refractivity contribution is -0.137. The van der Waals surface area contributed by atoms with Gasteiger partial charge in [0, 0.05) is 6.54 Å². The molecule has 0 spiro atoms. The first-order valence-electron chi connectivity index (χ1n) is 5.14. The molecule has 0 radical (unpaired) electrons. The van der Waals surface area contributed by atoms with Crippen molar-refractivity contribution < 1.29 is 13.2 Å². The lowest BCUT2D eigenvalue weighted by atomic mass is 10.1. The monoisotopic (exact) mass is 264 g/mol. The van der Waals surface area contributed by atoms with Crippen molar-refractivity contribution in [2.45, 2.75) is 12.6 Å². The number of alkyl halides is 3. The number of rotatable bonds is 5. The predicted molar refractivity (Wildman–Crippen MR) is 67.3 cm³/mol. The molecule has 0 saturated heterocycles. The van der Waals surface area contributed by atoms with Gasteiger partial charge in [-0.15, -0.1) is 0 Å². The molecule has 0 heterocycles. The second-order valence-corrected chi connectivity index (χ2v) is 4.56. The highest BCUT2D eigenvalue weighted by Crippen LogP contribution is 2.32. The molecule has 1 aromatic rings. The predicted octanol–water partition coefficient (Wildman–Crippen LogP) is 3.45. The summed E-state index contributed by atoms with van der Waals surface area (Å²) in [5.74, 6) is 1.01. The van der Waals surface area contributed by atoms with Gasteiger partial charge in [0.2, 0.25) is 0 Å². The van der Waals surface area contributed by atoms with E-state index in [0.29, 0.717) is 12.2 Å². The first kappa shape index (κ1) is 14.0. The minimum Gasteiger partial charge on any atom is -0.397 e. The fourth-order valence-electron chi connectivity index (χ4n) is 1.34. The molecule has 96 valence electrons. The Morgan fingerprint density at radius 1 is 1.35 bits per heavy atom. The fraction of sp³-hybridized carbons (Fsp3) is 0.455. The number of hydrogen-bond donors (Lipinski definition) is 2. The Morgan fingerprint density at radius 3 is 2.59 bits per heavy atom. The molecule has 0 aliphatic heterocycles. The molecular weight excluding hydrogens is 249 g/mol. The van der Waals surface area contributed by atoms with E-state index in [1.54, 1.807) is 11.8 Å². The summed E-state index contributed by atoms with van der Waals surface area (Å²) in [5.41, 5.74) is 5.53. The summed E-state index contributed by atoms with van der Waals surface area (Å²) < 4.78 is 37.1. The summed E-state index contributed by atoms with van der Waals surface area (Å²) in [6, 6.07) is 3.36. The Labute approximate surface area is 103 Å². The molecule has 6 heteroatoms. The average molecular weight is 264 g/mol. The number of benzene rings is 1. The maximum absolute atomic E-state index is 12.4. The zero-order valence-corrected chi connectivity index (χ0v) is 10.3. The fourth-order valence-corrected chi connectivity index (χ4v) is 1.77. The first-order valence-corrected chi connectivity index (χ1v) is 6.54. The van der Waals surface area contributed by atoms with E-state index in [-0.39, 0.29) is 5.69 Å². The van der Waals surface area contributed by atoms with E-state index < -0.39 is 11.7 Å². The van der Waals surface area contributed by atoms with Crippen LogP contribution < -0.4 is 11.1 Å². The van der Waals surface area contributed by atoms with Crippen LogP contribution in [-0.2, 0) is 6.18 Å². The second-order valence-electron chi connectivity index (χ2n) is 3.57. The van der Waals surface area contributed by atoms with Crippen molar-refractivity contribution in [1.82, 2.24) is 0 Å². The molecule has 0 aliphatic rings. The molecule has 0 atom stereocenters. The minimum atomic E-state index is -4.34. The Morgan fingerprint density at radius 2 is 2.06 bits per heavy atom. The number of nitrogens with two attached hydrogens (primary N) is 1. The number of thioether (sulfide) groups is 1. The third kappa shape index (κ3) is 4.38. The Hall–Kier alpha value is -1.04. The zero-order chi connectivity index (χ0) is 12.9. The van der Waals surface area contributed by atoms with E-state index in [1.807, 2.05) is 6.26 Å². The lowest BCUT2D eigenvalue weighted by Crippen LogP contribution is -2.09. The third-order valence-corrected chi connectivity index (χ3v) is 2.92. The van der Waals surface area contributed by atoms with E-state index in [1.165, 1.54) is 6.07 Å². The highest BCUT2D eigenvalue weighted by Gasteiger charge is 2.30. The molecule has 0 bridgehead atoms. The highest BCUT2D eigenvalue weighted by molar-refractivity contribution is 7.98. The molecule has 1 rings (SSSR count). The largest absolute Gasteiger partial charge is 0.416 e. The lowest BCUT2D eigenvalue weighted by Gasteiger charge is -2.12. The van der Waals surface area contributed by atoms with Crippen molar-refractivity contribution in [1.29, 1.82) is 0 Å². The summed E-state index contributed by atoms with van der Waals surface area (Å²) >= 11 is 1.73. The molecule has 2 nitrogen and oxygen atoms in total. The molecule has 3 N–H and O–H groups in total. The second kappa shape index (κ2) is 6.05. The van der Waals surface area contributed by atoms with Crippen LogP contribution in [0.25, 0.3) is 0 Å². The molecule has 17 heavy (non-hydrogen) atoms. The van der Waals surface area contributed by atoms with Crippen molar-refractivity contribution in [3.8, 4) is 0 Å². The van der Waals surface area contributed by atoms with Gasteiger partial charge in [-0.25, -0.2) is 0 Å². The molecule has 0 saturated carbocycles. The number of hydrogen-bond acceptors (Lipinski definition) is 3. The zero-order valence-electron chi connectivity index (χ0n) is 9.47. The Balaban J connectivity index is 2.64. The van der Waals surface area contributed by atoms with E-state index in [9.17, 15) is 13.2 Å². The Bertz CT molecular complexity index is 366. The summed E-state index contributed by atoms with van der Waals surface area (Å²) in [6.45, 7) is 0.705. The normalized spacial score (nSPS) is 11.5. The van der Waals surface area contributed by atoms with E-state index in [2.05, 4.69) is 5.32 Å². The molecule has 0 fully saturated rings. The van der Waals surface area contributed by atoms with Crippen molar-refractivity contribution in [3.63, 3.8) is 0 Å². The maximum atomic E-state index is 12.4. The van der Waals surface area contributed by atoms with Gasteiger partial charge in [-0.05, 0) is 36.6 Å². The van der Waals surface area contributed by atoms with Crippen LogP contribution in [0.4, 0.5) is 24.5 Å². The van der Waals surface area contributed by atoms with Crippen LogP contribution in [0.2, 0.25) is 0 Å². The van der Waals surface area contributed by atoms with E-state index in [4.69, 9.17) is 5.73 Å². The van der Waals surface area contributed by atoms with Crippen LogP contribution in [0, 0.1) is 0 Å².